The van der Waals surface area contributed by atoms with E-state index in [1.165, 1.54) is 26.1 Å². The van der Waals surface area contributed by atoms with Crippen molar-refractivity contribution in [1.29, 1.82) is 0 Å². The Morgan fingerprint density at radius 1 is 1.19 bits per heavy atom. The molecule has 2 atom stereocenters. The molecule has 2 heteroatoms. The van der Waals surface area contributed by atoms with Gasteiger partial charge < -0.3 is 5.32 Å². The summed E-state index contributed by atoms with van der Waals surface area (Å²) in [6.45, 7) is 17.7. The molecule has 0 aromatic rings. The lowest BCUT2D eigenvalue weighted by atomic mass is 9.86. The summed E-state index contributed by atoms with van der Waals surface area (Å²) >= 11 is 0. The van der Waals surface area contributed by atoms with Gasteiger partial charge in [0.15, 0.2) is 0 Å². The summed E-state index contributed by atoms with van der Waals surface area (Å²) in [4.78, 5) is 2.67. The van der Waals surface area contributed by atoms with E-state index in [9.17, 15) is 0 Å². The summed E-state index contributed by atoms with van der Waals surface area (Å²) < 4.78 is 0. The molecule has 1 N–H and O–H groups in total. The second-order valence-corrected chi connectivity index (χ2v) is 6.70. The zero-order valence-electron chi connectivity index (χ0n) is 12.0. The molecule has 0 aromatic heterocycles. The zero-order valence-corrected chi connectivity index (χ0v) is 12.0. The molecule has 1 aliphatic rings. The van der Waals surface area contributed by atoms with Gasteiger partial charge in [0.05, 0.1) is 0 Å². The van der Waals surface area contributed by atoms with Crippen LogP contribution < -0.4 is 5.32 Å². The third-order valence-corrected chi connectivity index (χ3v) is 4.07. The van der Waals surface area contributed by atoms with Gasteiger partial charge in [-0.15, -0.1) is 0 Å². The summed E-state index contributed by atoms with van der Waals surface area (Å²) in [5.41, 5.74) is 0.381. The van der Waals surface area contributed by atoms with Crippen LogP contribution in [0.1, 0.15) is 48.0 Å². The summed E-state index contributed by atoms with van der Waals surface area (Å²) in [6.07, 6.45) is 1.28. The molecule has 2 unspecified atom stereocenters. The molecule has 0 saturated carbocycles. The number of rotatable bonds is 2. The number of nitrogens with one attached hydrogen (secondary N) is 1. The van der Waals surface area contributed by atoms with Crippen molar-refractivity contribution in [3.63, 3.8) is 0 Å². The third kappa shape index (κ3) is 3.74. The minimum atomic E-state index is 0.381. The van der Waals surface area contributed by atoms with Gasteiger partial charge in [-0.3, -0.25) is 4.90 Å². The Morgan fingerprint density at radius 3 is 2.31 bits per heavy atom. The van der Waals surface area contributed by atoms with Gasteiger partial charge in [0.2, 0.25) is 0 Å². The van der Waals surface area contributed by atoms with E-state index in [1.54, 1.807) is 0 Å². The Balaban J connectivity index is 2.65. The van der Waals surface area contributed by atoms with Crippen LogP contribution in [0.15, 0.2) is 0 Å². The van der Waals surface area contributed by atoms with Crippen molar-refractivity contribution in [3.8, 4) is 0 Å². The third-order valence-electron chi connectivity index (χ3n) is 4.07. The van der Waals surface area contributed by atoms with Crippen molar-refractivity contribution in [3.05, 3.63) is 0 Å². The van der Waals surface area contributed by atoms with Crippen LogP contribution in [-0.4, -0.2) is 36.6 Å². The Bertz CT molecular complexity index is 205. The van der Waals surface area contributed by atoms with Crippen LogP contribution in [0.4, 0.5) is 0 Å². The molecule has 1 aliphatic heterocycles. The van der Waals surface area contributed by atoms with E-state index >= 15 is 0 Å². The number of hydrogen-bond donors (Lipinski definition) is 1. The van der Waals surface area contributed by atoms with E-state index in [0.29, 0.717) is 17.5 Å². The first-order valence-corrected chi connectivity index (χ1v) is 6.80. The molecule has 2 nitrogen and oxygen atoms in total. The Kier molecular flexibility index (Phi) is 4.81. The molecule has 16 heavy (non-hydrogen) atoms. The maximum atomic E-state index is 3.68. The molecule has 1 heterocycles. The monoisotopic (exact) mass is 226 g/mol. The van der Waals surface area contributed by atoms with E-state index in [-0.39, 0.29) is 0 Å². The van der Waals surface area contributed by atoms with Crippen LogP contribution in [0.5, 0.6) is 0 Å². The van der Waals surface area contributed by atoms with Crippen LogP contribution >= 0.6 is 0 Å². The van der Waals surface area contributed by atoms with Gasteiger partial charge in [0.25, 0.3) is 0 Å². The minimum Gasteiger partial charge on any atom is -0.312 e. The standard InChI is InChI=1S/C14H30N2/c1-11(2)13-10-16(9-7-8-15-13)12(3)14(4,5)6/h11-13,15H,7-10H2,1-6H3. The second kappa shape index (κ2) is 5.50. The summed E-state index contributed by atoms with van der Waals surface area (Å²) in [5.74, 6) is 0.729. The minimum absolute atomic E-state index is 0.381. The number of hydrogen-bond acceptors (Lipinski definition) is 2. The average Bonchev–Trinajstić information content (AvgIpc) is 2.40. The van der Waals surface area contributed by atoms with E-state index in [4.69, 9.17) is 0 Å². The van der Waals surface area contributed by atoms with E-state index in [2.05, 4.69) is 51.8 Å². The molecule has 0 aromatic carbocycles. The van der Waals surface area contributed by atoms with Crippen molar-refractivity contribution in [2.75, 3.05) is 19.6 Å². The van der Waals surface area contributed by atoms with Crippen molar-refractivity contribution in [2.24, 2.45) is 11.3 Å². The van der Waals surface area contributed by atoms with E-state index < -0.39 is 0 Å². The summed E-state index contributed by atoms with van der Waals surface area (Å²) in [7, 11) is 0. The molecule has 1 saturated heterocycles. The molecule has 0 radical (unpaired) electrons. The Hall–Kier alpha value is -0.0800. The summed E-state index contributed by atoms with van der Waals surface area (Å²) in [5, 5.41) is 3.68. The van der Waals surface area contributed by atoms with Crippen molar-refractivity contribution in [1.82, 2.24) is 10.2 Å². The SMILES string of the molecule is CC(C)C1CN(C(C)C(C)(C)C)CCCN1. The van der Waals surface area contributed by atoms with E-state index in [1.807, 2.05) is 0 Å². The molecule has 96 valence electrons. The maximum absolute atomic E-state index is 3.68. The topological polar surface area (TPSA) is 15.3 Å². The predicted molar refractivity (Wildman–Crippen MR) is 71.7 cm³/mol. The maximum Gasteiger partial charge on any atom is 0.0218 e. The van der Waals surface area contributed by atoms with Gasteiger partial charge in [-0.05, 0) is 37.8 Å². The summed E-state index contributed by atoms with van der Waals surface area (Å²) in [6, 6.07) is 1.32. The largest absolute Gasteiger partial charge is 0.312 e. The quantitative estimate of drug-likeness (QED) is 0.779. The molecule has 0 bridgehead atoms. The second-order valence-electron chi connectivity index (χ2n) is 6.70. The smallest absolute Gasteiger partial charge is 0.0218 e. The first kappa shape index (κ1) is 14.0. The van der Waals surface area contributed by atoms with Gasteiger partial charge in [0, 0.05) is 18.6 Å². The fourth-order valence-corrected chi connectivity index (χ4v) is 2.32. The molecular formula is C14H30N2. The molecule has 1 fully saturated rings. The Labute approximate surface area is 102 Å². The zero-order chi connectivity index (χ0) is 12.3. The highest BCUT2D eigenvalue weighted by Crippen LogP contribution is 2.25. The van der Waals surface area contributed by atoms with E-state index in [0.717, 1.165) is 5.92 Å². The van der Waals surface area contributed by atoms with Crippen molar-refractivity contribution in [2.45, 2.75) is 60.0 Å². The highest BCUT2D eigenvalue weighted by Gasteiger charge is 2.29. The lowest BCUT2D eigenvalue weighted by Gasteiger charge is -2.39. The molecule has 0 amide bonds. The highest BCUT2D eigenvalue weighted by molar-refractivity contribution is 4.86. The lowest BCUT2D eigenvalue weighted by molar-refractivity contribution is 0.105. The molecule has 1 rings (SSSR count). The average molecular weight is 226 g/mol. The normalized spacial score (nSPS) is 26.8. The highest BCUT2D eigenvalue weighted by atomic mass is 15.2. The van der Waals surface area contributed by atoms with Crippen molar-refractivity contribution < 1.29 is 0 Å². The van der Waals surface area contributed by atoms with Crippen LogP contribution in [0.25, 0.3) is 0 Å². The molecular weight excluding hydrogens is 196 g/mol. The molecule has 0 aliphatic carbocycles. The van der Waals surface area contributed by atoms with Crippen LogP contribution in [0, 0.1) is 11.3 Å². The van der Waals surface area contributed by atoms with Gasteiger partial charge in [-0.25, -0.2) is 0 Å². The first-order chi connectivity index (χ1) is 7.32. The first-order valence-electron chi connectivity index (χ1n) is 6.80. The van der Waals surface area contributed by atoms with Crippen molar-refractivity contribution >= 4 is 0 Å². The van der Waals surface area contributed by atoms with Gasteiger partial charge >= 0.3 is 0 Å². The van der Waals surface area contributed by atoms with Gasteiger partial charge in [-0.2, -0.15) is 0 Å². The number of nitrogens with zero attached hydrogens (tertiary/aromatic N) is 1. The van der Waals surface area contributed by atoms with Crippen LogP contribution in [0.3, 0.4) is 0 Å². The Morgan fingerprint density at radius 2 is 1.81 bits per heavy atom. The predicted octanol–water partition coefficient (Wildman–Crippen LogP) is 2.74. The lowest BCUT2D eigenvalue weighted by Crippen LogP contribution is -2.48. The fraction of sp³-hybridized carbons (Fsp3) is 1.00. The van der Waals surface area contributed by atoms with Gasteiger partial charge in [-0.1, -0.05) is 34.6 Å². The fourth-order valence-electron chi connectivity index (χ4n) is 2.32. The van der Waals surface area contributed by atoms with Gasteiger partial charge in [0.1, 0.15) is 0 Å². The molecule has 0 spiro atoms. The van der Waals surface area contributed by atoms with Crippen LogP contribution in [0.2, 0.25) is 0 Å². The van der Waals surface area contributed by atoms with Crippen LogP contribution in [-0.2, 0) is 0 Å².